The Labute approximate surface area is 145 Å². The second-order valence-corrected chi connectivity index (χ2v) is 5.86. The number of aliphatic hydroxyl groups excluding tert-OH is 1. The van der Waals surface area contributed by atoms with Crippen molar-refractivity contribution < 1.29 is 18.3 Å². The lowest BCUT2D eigenvalue weighted by molar-refractivity contribution is -0.136. The summed E-state index contributed by atoms with van der Waals surface area (Å²) in [7, 11) is 0. The minimum atomic E-state index is -4.50. The Morgan fingerprint density at radius 1 is 1.24 bits per heavy atom. The van der Waals surface area contributed by atoms with Crippen molar-refractivity contribution in [3.05, 3.63) is 66.4 Å². The molecule has 0 aliphatic heterocycles. The van der Waals surface area contributed by atoms with Crippen LogP contribution in [0.4, 0.5) is 13.2 Å². The molecule has 1 aromatic carbocycles. The molecule has 6 heteroatoms. The van der Waals surface area contributed by atoms with Crippen molar-refractivity contribution in [1.29, 1.82) is 0 Å². The van der Waals surface area contributed by atoms with E-state index in [1.807, 2.05) is 4.90 Å². The van der Waals surface area contributed by atoms with Crippen molar-refractivity contribution in [2.45, 2.75) is 19.2 Å². The number of alkyl halides is 3. The van der Waals surface area contributed by atoms with Gasteiger partial charge in [-0.2, -0.15) is 13.2 Å². The van der Waals surface area contributed by atoms with Crippen molar-refractivity contribution in [3.8, 4) is 0 Å². The summed E-state index contributed by atoms with van der Waals surface area (Å²) in [6.07, 6.45) is -2.05. The van der Waals surface area contributed by atoms with Gasteiger partial charge in [-0.25, -0.2) is 0 Å². The molecule has 0 aliphatic carbocycles. The van der Waals surface area contributed by atoms with E-state index in [9.17, 15) is 18.3 Å². The lowest BCUT2D eigenvalue weighted by Gasteiger charge is -2.24. The summed E-state index contributed by atoms with van der Waals surface area (Å²) in [4.78, 5) is 5.96. The summed E-state index contributed by atoms with van der Waals surface area (Å²) in [5.74, 6) is 0. The van der Waals surface area contributed by atoms with Crippen LogP contribution in [0.25, 0.3) is 10.9 Å². The van der Waals surface area contributed by atoms with E-state index >= 15 is 0 Å². The standard InChI is InChI=1S/C19H21F3N2O/c1-4-9-24(10-5-2)12-17(25)15-11-13(3)23-18-14(15)7-6-8-16(18)19(20,21)22/h4-8,11,17,25H,1-2,9-10,12H2,3H3. The number of para-hydroxylation sites is 1. The average molecular weight is 350 g/mol. The molecule has 0 saturated carbocycles. The molecule has 0 spiro atoms. The Morgan fingerprint density at radius 2 is 1.88 bits per heavy atom. The van der Waals surface area contributed by atoms with Crippen LogP contribution in [0.2, 0.25) is 0 Å². The first-order valence-electron chi connectivity index (χ1n) is 7.87. The highest BCUT2D eigenvalue weighted by molar-refractivity contribution is 5.86. The van der Waals surface area contributed by atoms with Crippen LogP contribution in [-0.2, 0) is 6.18 Å². The van der Waals surface area contributed by atoms with E-state index in [1.54, 1.807) is 31.2 Å². The molecule has 1 N–H and O–H groups in total. The van der Waals surface area contributed by atoms with Gasteiger partial charge in [0, 0.05) is 30.7 Å². The highest BCUT2D eigenvalue weighted by Gasteiger charge is 2.33. The number of aromatic nitrogens is 1. The topological polar surface area (TPSA) is 36.4 Å². The number of pyridine rings is 1. The van der Waals surface area contributed by atoms with Gasteiger partial charge in [-0.15, -0.1) is 13.2 Å². The lowest BCUT2D eigenvalue weighted by Crippen LogP contribution is -2.29. The summed E-state index contributed by atoms with van der Waals surface area (Å²) in [6.45, 7) is 10.3. The molecule has 1 heterocycles. The largest absolute Gasteiger partial charge is 0.418 e. The van der Waals surface area contributed by atoms with Gasteiger partial charge < -0.3 is 5.11 Å². The van der Waals surface area contributed by atoms with Gasteiger partial charge in [-0.1, -0.05) is 24.3 Å². The van der Waals surface area contributed by atoms with Crippen molar-refractivity contribution >= 4 is 10.9 Å². The molecule has 1 unspecified atom stereocenters. The number of hydrogen-bond donors (Lipinski definition) is 1. The first-order chi connectivity index (χ1) is 11.8. The minimum Gasteiger partial charge on any atom is -0.387 e. The van der Waals surface area contributed by atoms with Gasteiger partial charge in [0.2, 0.25) is 0 Å². The Hall–Kier alpha value is -2.18. The van der Waals surface area contributed by atoms with E-state index in [2.05, 4.69) is 18.1 Å². The second-order valence-electron chi connectivity index (χ2n) is 5.86. The normalized spacial score (nSPS) is 13.2. The minimum absolute atomic E-state index is 0.136. The lowest BCUT2D eigenvalue weighted by atomic mass is 9.99. The van der Waals surface area contributed by atoms with Crippen molar-refractivity contribution in [2.75, 3.05) is 19.6 Å². The summed E-state index contributed by atoms with van der Waals surface area (Å²) in [6, 6.07) is 5.53. The first kappa shape index (κ1) is 19.1. The molecule has 134 valence electrons. The van der Waals surface area contributed by atoms with Gasteiger partial charge in [0.15, 0.2) is 0 Å². The van der Waals surface area contributed by atoms with Crippen LogP contribution in [0, 0.1) is 6.92 Å². The zero-order valence-electron chi connectivity index (χ0n) is 14.1. The van der Waals surface area contributed by atoms with Crippen LogP contribution in [0.3, 0.4) is 0 Å². The predicted molar refractivity (Wildman–Crippen MR) is 93.3 cm³/mol. The Bertz CT molecular complexity index is 761. The molecule has 0 radical (unpaired) electrons. The van der Waals surface area contributed by atoms with E-state index in [-0.39, 0.29) is 12.1 Å². The number of rotatable bonds is 7. The number of aliphatic hydroxyl groups is 1. The molecule has 25 heavy (non-hydrogen) atoms. The number of nitrogens with zero attached hydrogens (tertiary/aromatic N) is 2. The quantitative estimate of drug-likeness (QED) is 0.758. The van der Waals surface area contributed by atoms with Gasteiger partial charge in [-0.05, 0) is 24.6 Å². The van der Waals surface area contributed by atoms with Gasteiger partial charge >= 0.3 is 6.18 Å². The van der Waals surface area contributed by atoms with E-state index < -0.39 is 17.8 Å². The maximum atomic E-state index is 13.3. The molecule has 0 bridgehead atoms. The average Bonchev–Trinajstić information content (AvgIpc) is 2.53. The zero-order valence-corrected chi connectivity index (χ0v) is 14.1. The van der Waals surface area contributed by atoms with Gasteiger partial charge in [0.1, 0.15) is 0 Å². The van der Waals surface area contributed by atoms with Crippen molar-refractivity contribution in [3.63, 3.8) is 0 Å². The Morgan fingerprint density at radius 3 is 2.44 bits per heavy atom. The van der Waals surface area contributed by atoms with Crippen LogP contribution < -0.4 is 0 Å². The van der Waals surface area contributed by atoms with Gasteiger partial charge in [0.25, 0.3) is 0 Å². The monoisotopic (exact) mass is 350 g/mol. The number of benzene rings is 1. The van der Waals surface area contributed by atoms with Crippen molar-refractivity contribution in [2.24, 2.45) is 0 Å². The summed E-state index contributed by atoms with van der Waals surface area (Å²) < 4.78 is 39.8. The Kier molecular flexibility index (Phi) is 5.98. The summed E-state index contributed by atoms with van der Waals surface area (Å²) in [5.41, 5.74) is -0.0665. The van der Waals surface area contributed by atoms with Crippen LogP contribution >= 0.6 is 0 Å². The maximum Gasteiger partial charge on any atom is 0.418 e. The smallest absolute Gasteiger partial charge is 0.387 e. The molecule has 1 atom stereocenters. The fourth-order valence-electron chi connectivity index (χ4n) is 2.84. The molecular formula is C19H21F3N2O. The number of aryl methyl sites for hydroxylation is 1. The number of fused-ring (bicyclic) bond motifs is 1. The van der Waals surface area contributed by atoms with E-state index in [0.29, 0.717) is 29.7 Å². The molecule has 0 amide bonds. The predicted octanol–water partition coefficient (Wildman–Crippen LogP) is 4.27. The third kappa shape index (κ3) is 4.46. The Balaban J connectivity index is 2.50. The highest BCUT2D eigenvalue weighted by Crippen LogP contribution is 2.36. The van der Waals surface area contributed by atoms with Crippen LogP contribution in [-0.4, -0.2) is 34.6 Å². The fraction of sp³-hybridized carbons (Fsp3) is 0.316. The molecule has 3 nitrogen and oxygen atoms in total. The molecule has 2 rings (SSSR count). The molecule has 2 aromatic rings. The first-order valence-corrected chi connectivity index (χ1v) is 7.87. The maximum absolute atomic E-state index is 13.3. The fourth-order valence-corrected chi connectivity index (χ4v) is 2.84. The van der Waals surface area contributed by atoms with E-state index in [1.165, 1.54) is 6.07 Å². The molecule has 0 fully saturated rings. The number of hydrogen-bond acceptors (Lipinski definition) is 3. The van der Waals surface area contributed by atoms with E-state index in [0.717, 1.165) is 6.07 Å². The van der Waals surface area contributed by atoms with Crippen LogP contribution in [0.15, 0.2) is 49.6 Å². The van der Waals surface area contributed by atoms with Crippen LogP contribution in [0.5, 0.6) is 0 Å². The molecule has 0 saturated heterocycles. The van der Waals surface area contributed by atoms with Gasteiger partial charge in [0.05, 0.1) is 17.2 Å². The zero-order chi connectivity index (χ0) is 18.6. The molecule has 0 aliphatic rings. The third-order valence-electron chi connectivity index (χ3n) is 3.87. The summed E-state index contributed by atoms with van der Waals surface area (Å²) in [5, 5.41) is 11.0. The van der Waals surface area contributed by atoms with Crippen molar-refractivity contribution in [1.82, 2.24) is 9.88 Å². The number of halogens is 3. The van der Waals surface area contributed by atoms with E-state index in [4.69, 9.17) is 0 Å². The van der Waals surface area contributed by atoms with Crippen LogP contribution in [0.1, 0.15) is 22.9 Å². The third-order valence-corrected chi connectivity index (χ3v) is 3.87. The second kappa shape index (κ2) is 7.80. The highest BCUT2D eigenvalue weighted by atomic mass is 19.4. The SMILES string of the molecule is C=CCN(CC=C)CC(O)c1cc(C)nc2c(C(F)(F)F)cccc12. The van der Waals surface area contributed by atoms with Gasteiger partial charge in [-0.3, -0.25) is 9.88 Å². The molecule has 1 aromatic heterocycles. The summed E-state index contributed by atoms with van der Waals surface area (Å²) >= 11 is 0. The molecular weight excluding hydrogens is 329 g/mol.